The number of rotatable bonds is 4. The average molecular weight is 397 g/mol. The number of amides is 1. The smallest absolute Gasteiger partial charge is 0.274 e. The zero-order valence-electron chi connectivity index (χ0n) is 16.4. The molecule has 0 spiro atoms. The van der Waals surface area contributed by atoms with Crippen LogP contribution >= 0.6 is 0 Å². The van der Waals surface area contributed by atoms with Gasteiger partial charge in [0.25, 0.3) is 5.91 Å². The zero-order chi connectivity index (χ0) is 20.5. The molecule has 1 atom stereocenters. The summed E-state index contributed by atoms with van der Waals surface area (Å²) in [6.45, 7) is 0. The Kier molecular flexibility index (Phi) is 4.52. The van der Waals surface area contributed by atoms with Gasteiger partial charge in [-0.3, -0.25) is 9.78 Å². The van der Waals surface area contributed by atoms with Crippen molar-refractivity contribution in [3.8, 4) is 5.75 Å². The van der Waals surface area contributed by atoms with Crippen LogP contribution in [0.3, 0.4) is 0 Å². The van der Waals surface area contributed by atoms with Gasteiger partial charge in [-0.2, -0.15) is 5.10 Å². The van der Waals surface area contributed by atoms with Crippen molar-refractivity contribution in [2.24, 2.45) is 5.10 Å². The maximum atomic E-state index is 13.3. The highest BCUT2D eigenvalue weighted by molar-refractivity contribution is 6.05. The molecule has 6 nitrogen and oxygen atoms in total. The van der Waals surface area contributed by atoms with E-state index in [0.717, 1.165) is 28.0 Å². The van der Waals surface area contributed by atoms with Gasteiger partial charge in [-0.25, -0.2) is 5.01 Å². The van der Waals surface area contributed by atoms with Gasteiger partial charge in [-0.05, 0) is 30.3 Å². The summed E-state index contributed by atoms with van der Waals surface area (Å²) in [6.07, 6.45) is 3.73. The first-order valence-electron chi connectivity index (χ1n) is 9.67. The first kappa shape index (κ1) is 18.1. The normalized spacial score (nSPS) is 16.0. The summed E-state index contributed by atoms with van der Waals surface area (Å²) in [7, 11) is 1.63. The second-order valence-corrected chi connectivity index (χ2v) is 7.04. The number of carbonyl (C=O) groups excluding carboxylic acids is 1. The quantitative estimate of drug-likeness (QED) is 0.495. The molecule has 0 bridgehead atoms. The minimum atomic E-state index is -0.301. The lowest BCUT2D eigenvalue weighted by Crippen LogP contribution is -2.27. The summed E-state index contributed by atoms with van der Waals surface area (Å²) >= 11 is 0. The zero-order valence-corrected chi connectivity index (χ0v) is 16.4. The number of fused-ring (bicyclic) bond motifs is 1. The Bertz CT molecular complexity index is 1210. The number of hydrazone groups is 1. The summed E-state index contributed by atoms with van der Waals surface area (Å²) in [4.78, 5) is 17.3. The van der Waals surface area contributed by atoms with Gasteiger partial charge < -0.3 is 9.15 Å². The minimum Gasteiger partial charge on any atom is -0.496 e. The van der Waals surface area contributed by atoms with E-state index in [1.54, 1.807) is 31.6 Å². The van der Waals surface area contributed by atoms with Crippen molar-refractivity contribution in [3.05, 3.63) is 96.0 Å². The Balaban J connectivity index is 1.59. The highest BCUT2D eigenvalue weighted by Crippen LogP contribution is 2.38. The van der Waals surface area contributed by atoms with Crippen molar-refractivity contribution in [3.63, 3.8) is 0 Å². The Hall–Kier alpha value is -3.93. The van der Waals surface area contributed by atoms with E-state index in [0.29, 0.717) is 17.7 Å². The van der Waals surface area contributed by atoms with E-state index >= 15 is 0 Å². The van der Waals surface area contributed by atoms with Gasteiger partial charge in [0, 0.05) is 35.3 Å². The van der Waals surface area contributed by atoms with Gasteiger partial charge in [0.2, 0.25) is 0 Å². The number of benzene rings is 2. The Labute approximate surface area is 173 Å². The SMILES string of the molecule is COc1ccccc1C1CC(c2cc3ccccc3o2)=NN1C(=O)c1ccncc1. The van der Waals surface area contributed by atoms with E-state index in [1.165, 1.54) is 5.01 Å². The number of ether oxygens (including phenoxy) is 1. The number of hydrogen-bond acceptors (Lipinski definition) is 5. The number of furan rings is 1. The molecule has 1 aliphatic rings. The van der Waals surface area contributed by atoms with Gasteiger partial charge >= 0.3 is 0 Å². The van der Waals surface area contributed by atoms with Crippen molar-refractivity contribution >= 4 is 22.6 Å². The molecule has 0 saturated carbocycles. The van der Waals surface area contributed by atoms with Crippen LogP contribution in [0.25, 0.3) is 11.0 Å². The van der Waals surface area contributed by atoms with Crippen molar-refractivity contribution in [1.29, 1.82) is 0 Å². The van der Waals surface area contributed by atoms with E-state index < -0.39 is 0 Å². The van der Waals surface area contributed by atoms with Crippen LogP contribution in [0.5, 0.6) is 5.75 Å². The lowest BCUT2D eigenvalue weighted by Gasteiger charge is -2.23. The molecule has 0 N–H and O–H groups in total. The standard InChI is InChI=1S/C24H19N3O3/c1-29-22-9-5-3-7-18(22)20-15-19(23-14-17-6-2-4-8-21(17)30-23)26-27(20)24(28)16-10-12-25-13-11-16/h2-14,20H,15H2,1H3. The van der Waals surface area contributed by atoms with Crippen molar-refractivity contribution in [2.75, 3.05) is 7.11 Å². The van der Waals surface area contributed by atoms with Crippen molar-refractivity contribution < 1.29 is 13.9 Å². The largest absolute Gasteiger partial charge is 0.496 e. The average Bonchev–Trinajstić information content (AvgIpc) is 3.43. The number of aromatic nitrogens is 1. The van der Waals surface area contributed by atoms with E-state index in [-0.39, 0.29) is 11.9 Å². The topological polar surface area (TPSA) is 67.9 Å². The maximum Gasteiger partial charge on any atom is 0.274 e. The van der Waals surface area contributed by atoms with Gasteiger partial charge in [-0.1, -0.05) is 36.4 Å². The Morgan fingerprint density at radius 1 is 1.07 bits per heavy atom. The summed E-state index contributed by atoms with van der Waals surface area (Å²) in [5.74, 6) is 1.19. The molecule has 2 aromatic heterocycles. The van der Waals surface area contributed by atoms with Gasteiger partial charge in [0.1, 0.15) is 17.0 Å². The number of para-hydroxylation sites is 2. The third-order valence-electron chi connectivity index (χ3n) is 5.25. The Morgan fingerprint density at radius 3 is 2.63 bits per heavy atom. The lowest BCUT2D eigenvalue weighted by atomic mass is 9.99. The van der Waals surface area contributed by atoms with Crippen LogP contribution in [0.2, 0.25) is 0 Å². The van der Waals surface area contributed by atoms with Gasteiger partial charge in [-0.15, -0.1) is 0 Å². The third kappa shape index (κ3) is 3.12. The predicted molar refractivity (Wildman–Crippen MR) is 114 cm³/mol. The van der Waals surface area contributed by atoms with Gasteiger partial charge in [0.05, 0.1) is 13.2 Å². The van der Waals surface area contributed by atoms with Crippen LogP contribution in [-0.2, 0) is 0 Å². The van der Waals surface area contributed by atoms with Crippen molar-refractivity contribution in [2.45, 2.75) is 12.5 Å². The van der Waals surface area contributed by atoms with E-state index in [9.17, 15) is 4.79 Å². The van der Waals surface area contributed by atoms with E-state index in [4.69, 9.17) is 14.3 Å². The number of methoxy groups -OCH3 is 1. The van der Waals surface area contributed by atoms with Crippen LogP contribution in [0.1, 0.15) is 34.1 Å². The highest BCUT2D eigenvalue weighted by Gasteiger charge is 2.36. The number of nitrogens with zero attached hydrogens (tertiary/aromatic N) is 3. The summed E-state index contributed by atoms with van der Waals surface area (Å²) in [5, 5.41) is 7.22. The maximum absolute atomic E-state index is 13.3. The number of hydrogen-bond donors (Lipinski definition) is 0. The first-order chi connectivity index (χ1) is 14.7. The van der Waals surface area contributed by atoms with E-state index in [1.807, 2.05) is 54.6 Å². The molecule has 5 rings (SSSR count). The molecule has 0 fully saturated rings. The molecule has 0 aliphatic carbocycles. The number of carbonyl (C=O) groups is 1. The van der Waals surface area contributed by atoms with Crippen LogP contribution in [0, 0.1) is 0 Å². The summed E-state index contributed by atoms with van der Waals surface area (Å²) in [5.41, 5.74) is 2.95. The summed E-state index contributed by atoms with van der Waals surface area (Å²) in [6, 6.07) is 20.6. The van der Waals surface area contributed by atoms with Crippen molar-refractivity contribution in [1.82, 2.24) is 9.99 Å². The monoisotopic (exact) mass is 397 g/mol. The van der Waals surface area contributed by atoms with Crippen LogP contribution in [-0.4, -0.2) is 28.7 Å². The molecule has 1 aliphatic heterocycles. The molecule has 0 radical (unpaired) electrons. The molecule has 1 unspecified atom stereocenters. The second-order valence-electron chi connectivity index (χ2n) is 7.04. The second kappa shape index (κ2) is 7.48. The molecular formula is C24H19N3O3. The highest BCUT2D eigenvalue weighted by atomic mass is 16.5. The Morgan fingerprint density at radius 2 is 1.83 bits per heavy atom. The molecule has 30 heavy (non-hydrogen) atoms. The lowest BCUT2D eigenvalue weighted by molar-refractivity contribution is 0.0709. The molecule has 148 valence electrons. The fourth-order valence-electron chi connectivity index (χ4n) is 3.78. The predicted octanol–water partition coefficient (Wildman–Crippen LogP) is 4.83. The van der Waals surface area contributed by atoms with Crippen LogP contribution in [0.15, 0.2) is 88.6 Å². The molecule has 1 amide bonds. The molecule has 0 saturated heterocycles. The minimum absolute atomic E-state index is 0.195. The van der Waals surface area contributed by atoms with Gasteiger partial charge in [0.15, 0.2) is 5.76 Å². The molecule has 3 heterocycles. The van der Waals surface area contributed by atoms with Crippen LogP contribution < -0.4 is 4.74 Å². The molecular weight excluding hydrogens is 378 g/mol. The first-order valence-corrected chi connectivity index (χ1v) is 9.67. The molecule has 4 aromatic rings. The fraction of sp³-hybridized carbons (Fsp3) is 0.125. The van der Waals surface area contributed by atoms with E-state index in [2.05, 4.69) is 4.98 Å². The molecule has 6 heteroatoms. The number of pyridine rings is 1. The fourth-order valence-corrected chi connectivity index (χ4v) is 3.78. The summed E-state index contributed by atoms with van der Waals surface area (Å²) < 4.78 is 11.6. The van der Waals surface area contributed by atoms with Crippen LogP contribution in [0.4, 0.5) is 0 Å². The third-order valence-corrected chi connectivity index (χ3v) is 5.25. The molecule has 2 aromatic carbocycles.